The first-order valence-electron chi connectivity index (χ1n) is 10.1. The molecule has 0 bridgehead atoms. The van der Waals surface area contributed by atoms with Gasteiger partial charge in [0.1, 0.15) is 6.10 Å². The zero-order valence-corrected chi connectivity index (χ0v) is 17.4. The number of rotatable bonds is 6. The number of fused-ring (bicyclic) bond motifs is 1. The lowest BCUT2D eigenvalue weighted by Crippen LogP contribution is -2.43. The molecular weight excluding hydrogens is 378 g/mol. The molecule has 0 aliphatic carbocycles. The molecule has 1 aliphatic heterocycles. The maximum atomic E-state index is 12.5. The topological polar surface area (TPSA) is 70.7 Å². The molecule has 6 nitrogen and oxygen atoms in total. The van der Waals surface area contributed by atoms with Crippen LogP contribution in [0.4, 0.5) is 16.2 Å². The number of amides is 2. The van der Waals surface area contributed by atoms with Crippen molar-refractivity contribution in [1.82, 2.24) is 5.32 Å². The van der Waals surface area contributed by atoms with E-state index in [0.29, 0.717) is 31.6 Å². The van der Waals surface area contributed by atoms with Crippen molar-refractivity contribution in [3.63, 3.8) is 0 Å². The molecule has 1 heterocycles. The Bertz CT molecular complexity index is 933. The van der Waals surface area contributed by atoms with E-state index in [0.717, 1.165) is 16.8 Å². The number of carbonyl (C=O) groups is 2. The van der Waals surface area contributed by atoms with Crippen LogP contribution in [0.3, 0.4) is 0 Å². The summed E-state index contributed by atoms with van der Waals surface area (Å²) in [6, 6.07) is 15.0. The van der Waals surface area contributed by atoms with Gasteiger partial charge in [-0.25, -0.2) is 4.79 Å². The predicted molar refractivity (Wildman–Crippen MR) is 118 cm³/mol. The van der Waals surface area contributed by atoms with Crippen LogP contribution in [0.1, 0.15) is 43.9 Å². The van der Waals surface area contributed by atoms with Crippen molar-refractivity contribution in [2.75, 3.05) is 16.8 Å². The third-order valence-electron chi connectivity index (χ3n) is 5.12. The second-order valence-corrected chi connectivity index (χ2v) is 7.28. The largest absolute Gasteiger partial charge is 0.441 e. The lowest BCUT2D eigenvalue weighted by atomic mass is 9.93. The van der Waals surface area contributed by atoms with E-state index in [1.165, 1.54) is 0 Å². The molecule has 156 valence electrons. The molecule has 1 aliphatic rings. The number of benzene rings is 2. The van der Waals surface area contributed by atoms with Crippen molar-refractivity contribution in [2.24, 2.45) is 0 Å². The molecule has 2 atom stereocenters. The molecule has 2 aromatic carbocycles. The van der Waals surface area contributed by atoms with Gasteiger partial charge in [0, 0.05) is 36.7 Å². The first-order chi connectivity index (χ1) is 14.5. The number of hydrogen-bond donors (Lipinski definition) is 2. The molecule has 3 rings (SSSR count). The summed E-state index contributed by atoms with van der Waals surface area (Å²) in [5.74, 6) is 2.59. The van der Waals surface area contributed by atoms with Crippen LogP contribution in [0.25, 0.3) is 0 Å². The van der Waals surface area contributed by atoms with Gasteiger partial charge >= 0.3 is 6.09 Å². The van der Waals surface area contributed by atoms with Gasteiger partial charge in [0.2, 0.25) is 5.91 Å². The number of para-hydroxylation sites is 1. The molecule has 2 aromatic rings. The Labute approximate surface area is 177 Å². The fourth-order valence-electron chi connectivity index (χ4n) is 3.68. The molecule has 0 saturated carbocycles. The van der Waals surface area contributed by atoms with Gasteiger partial charge in [-0.1, -0.05) is 43.2 Å². The molecular formula is C24H27N3O3. The molecule has 0 saturated heterocycles. The van der Waals surface area contributed by atoms with Gasteiger partial charge in [-0.2, -0.15) is 0 Å². The normalized spacial score (nSPS) is 17.6. The summed E-state index contributed by atoms with van der Waals surface area (Å²) < 4.78 is 5.74. The highest BCUT2D eigenvalue weighted by Gasteiger charge is 2.34. The quantitative estimate of drug-likeness (QED) is 0.557. The van der Waals surface area contributed by atoms with Gasteiger partial charge in [0.05, 0.1) is 12.2 Å². The SMILES string of the molecule is C#CCNCc1ccc(NC(=O)O[C@@H]2C[C@H](C)N(C(=O)CC)c3ccccc32)cc1. The molecule has 0 spiro atoms. The number of ether oxygens (including phenoxy) is 1. The fraction of sp³-hybridized carbons (Fsp3) is 0.333. The van der Waals surface area contributed by atoms with Gasteiger partial charge in [0.25, 0.3) is 0 Å². The Balaban J connectivity index is 1.66. The Kier molecular flexibility index (Phi) is 7.10. The first kappa shape index (κ1) is 21.4. The summed E-state index contributed by atoms with van der Waals surface area (Å²) in [7, 11) is 0. The van der Waals surface area contributed by atoms with E-state index in [9.17, 15) is 9.59 Å². The van der Waals surface area contributed by atoms with Crippen molar-refractivity contribution < 1.29 is 14.3 Å². The Hall–Kier alpha value is -3.30. The van der Waals surface area contributed by atoms with Crippen LogP contribution in [0, 0.1) is 12.3 Å². The van der Waals surface area contributed by atoms with E-state index >= 15 is 0 Å². The standard InChI is InChI=1S/C24H27N3O3/c1-4-14-25-16-18-10-12-19(13-11-18)26-24(29)30-22-15-17(3)27(23(28)5-2)21-9-7-6-8-20(21)22/h1,6-13,17,22,25H,5,14-16H2,2-3H3,(H,26,29)/t17-,22+/m0/s1. The highest BCUT2D eigenvalue weighted by molar-refractivity contribution is 5.95. The first-order valence-corrected chi connectivity index (χ1v) is 10.1. The van der Waals surface area contributed by atoms with E-state index < -0.39 is 12.2 Å². The van der Waals surface area contributed by atoms with Gasteiger partial charge in [-0.15, -0.1) is 6.42 Å². The molecule has 30 heavy (non-hydrogen) atoms. The minimum absolute atomic E-state index is 0.0556. The maximum absolute atomic E-state index is 12.5. The van der Waals surface area contributed by atoms with E-state index in [4.69, 9.17) is 11.2 Å². The number of hydrogen-bond acceptors (Lipinski definition) is 4. The summed E-state index contributed by atoms with van der Waals surface area (Å²) in [6.07, 6.45) is 5.27. The maximum Gasteiger partial charge on any atom is 0.412 e. The van der Waals surface area contributed by atoms with Crippen molar-refractivity contribution in [3.05, 3.63) is 59.7 Å². The predicted octanol–water partition coefficient (Wildman–Crippen LogP) is 4.23. The minimum Gasteiger partial charge on any atom is -0.441 e. The Morgan fingerprint density at radius 3 is 2.63 bits per heavy atom. The van der Waals surface area contributed by atoms with Gasteiger partial charge in [0.15, 0.2) is 0 Å². The number of carbonyl (C=O) groups excluding carboxylic acids is 2. The average Bonchev–Trinajstić information content (AvgIpc) is 2.75. The minimum atomic E-state index is -0.518. The molecule has 0 radical (unpaired) electrons. The van der Waals surface area contributed by atoms with Crippen molar-refractivity contribution in [1.29, 1.82) is 0 Å². The summed E-state index contributed by atoms with van der Waals surface area (Å²) >= 11 is 0. The summed E-state index contributed by atoms with van der Waals surface area (Å²) in [5.41, 5.74) is 3.38. The molecule has 0 fully saturated rings. The Morgan fingerprint density at radius 2 is 1.93 bits per heavy atom. The van der Waals surface area contributed by atoms with Crippen LogP contribution >= 0.6 is 0 Å². The van der Waals surface area contributed by atoms with Crippen molar-refractivity contribution in [3.8, 4) is 12.3 Å². The molecule has 0 aromatic heterocycles. The molecule has 2 amide bonds. The van der Waals surface area contributed by atoms with E-state index in [-0.39, 0.29) is 11.9 Å². The van der Waals surface area contributed by atoms with Crippen LogP contribution in [0.5, 0.6) is 0 Å². The Morgan fingerprint density at radius 1 is 1.20 bits per heavy atom. The molecule has 6 heteroatoms. The highest BCUT2D eigenvalue weighted by atomic mass is 16.6. The van der Waals surface area contributed by atoms with Crippen LogP contribution in [-0.4, -0.2) is 24.6 Å². The van der Waals surface area contributed by atoms with Gasteiger partial charge < -0.3 is 15.0 Å². The summed E-state index contributed by atoms with van der Waals surface area (Å²) in [5, 5.41) is 5.90. The van der Waals surface area contributed by atoms with Crippen LogP contribution < -0.4 is 15.5 Å². The van der Waals surface area contributed by atoms with Gasteiger partial charge in [-0.05, 0) is 30.7 Å². The monoisotopic (exact) mass is 405 g/mol. The second kappa shape index (κ2) is 9.95. The number of nitrogens with zero attached hydrogens (tertiary/aromatic N) is 1. The van der Waals surface area contributed by atoms with Crippen molar-refractivity contribution >= 4 is 23.4 Å². The van der Waals surface area contributed by atoms with Gasteiger partial charge in [-0.3, -0.25) is 10.1 Å². The summed E-state index contributed by atoms with van der Waals surface area (Å²) in [6.45, 7) is 5.00. The van der Waals surface area contributed by atoms with E-state index in [1.807, 2.05) is 62.4 Å². The second-order valence-electron chi connectivity index (χ2n) is 7.28. The number of nitrogens with one attached hydrogen (secondary N) is 2. The average molecular weight is 405 g/mol. The molecule has 2 N–H and O–H groups in total. The highest BCUT2D eigenvalue weighted by Crippen LogP contribution is 2.39. The zero-order valence-electron chi connectivity index (χ0n) is 17.4. The van der Waals surface area contributed by atoms with Crippen molar-refractivity contribution in [2.45, 2.75) is 45.4 Å². The van der Waals surface area contributed by atoms with Crippen LogP contribution in [-0.2, 0) is 16.1 Å². The third kappa shape index (κ3) is 5.00. The third-order valence-corrected chi connectivity index (χ3v) is 5.12. The fourth-order valence-corrected chi connectivity index (χ4v) is 3.68. The molecule has 0 unspecified atom stereocenters. The smallest absolute Gasteiger partial charge is 0.412 e. The number of terminal acetylenes is 1. The van der Waals surface area contributed by atoms with E-state index in [1.54, 1.807) is 4.90 Å². The van der Waals surface area contributed by atoms with E-state index in [2.05, 4.69) is 16.6 Å². The van der Waals surface area contributed by atoms with Crippen LogP contribution in [0.2, 0.25) is 0 Å². The lowest BCUT2D eigenvalue weighted by molar-refractivity contribution is -0.119. The zero-order chi connectivity index (χ0) is 21.5. The summed E-state index contributed by atoms with van der Waals surface area (Å²) in [4.78, 5) is 26.7. The van der Waals surface area contributed by atoms with Crippen LogP contribution in [0.15, 0.2) is 48.5 Å². The number of anilines is 2. The lowest BCUT2D eigenvalue weighted by Gasteiger charge is -2.38.